The summed E-state index contributed by atoms with van der Waals surface area (Å²) in [5, 5.41) is 7.51. The normalized spacial score (nSPS) is 14.0. The highest BCUT2D eigenvalue weighted by Gasteiger charge is 2.33. The van der Waals surface area contributed by atoms with E-state index in [9.17, 15) is 4.79 Å². The summed E-state index contributed by atoms with van der Waals surface area (Å²) in [5.74, 6) is 0.929. The van der Waals surface area contributed by atoms with Crippen molar-refractivity contribution in [1.82, 2.24) is 15.3 Å². The fraction of sp³-hybridized carbons (Fsp3) is 0.529. The van der Waals surface area contributed by atoms with Crippen LogP contribution in [-0.2, 0) is 0 Å². The predicted molar refractivity (Wildman–Crippen MR) is 102 cm³/mol. The molecule has 8 heteroatoms. The van der Waals surface area contributed by atoms with Gasteiger partial charge in [-0.3, -0.25) is 9.80 Å². The average molecular weight is 386 g/mol. The third-order valence-corrected chi connectivity index (χ3v) is 4.52. The lowest BCUT2D eigenvalue weighted by atomic mass is 10.1. The van der Waals surface area contributed by atoms with Gasteiger partial charge in [-0.1, -0.05) is 25.4 Å². The number of nitrogens with one attached hydrogen (secondary N) is 1. The highest BCUT2D eigenvalue weighted by molar-refractivity contribution is 7.80. The zero-order chi connectivity index (χ0) is 18.6. The molecule has 25 heavy (non-hydrogen) atoms. The maximum Gasteiger partial charge on any atom is 0.280 e. The van der Waals surface area contributed by atoms with Crippen molar-refractivity contribution >= 4 is 34.8 Å². The van der Waals surface area contributed by atoms with Crippen molar-refractivity contribution in [2.45, 2.75) is 20.3 Å². The Bertz CT molecular complexity index is 654. The molecule has 1 aromatic carbocycles. The minimum absolute atomic E-state index is 0.248. The predicted octanol–water partition coefficient (Wildman–Crippen LogP) is 2.95. The van der Waals surface area contributed by atoms with E-state index < -0.39 is 0 Å². The zero-order valence-corrected chi connectivity index (χ0v) is 16.5. The maximum atomic E-state index is 13.2. The van der Waals surface area contributed by atoms with E-state index in [2.05, 4.69) is 19.2 Å². The van der Waals surface area contributed by atoms with Gasteiger partial charge in [-0.15, -0.1) is 0 Å². The van der Waals surface area contributed by atoms with E-state index in [1.165, 1.54) is 14.2 Å². The quantitative estimate of drug-likeness (QED) is 0.786. The standard InChI is InChI=1S/C17H24ClN3O3S/c1-11(2)10-19-17(25)21-9-5-8-20(21)16(22)14-13(23-3)7-6-12(18)15(14)24-4/h6-7,11H,5,8-10H2,1-4H3,(H,19,25). The highest BCUT2D eigenvalue weighted by atomic mass is 35.5. The monoisotopic (exact) mass is 385 g/mol. The lowest BCUT2D eigenvalue weighted by Gasteiger charge is -2.31. The molecule has 0 radical (unpaired) electrons. The maximum absolute atomic E-state index is 13.2. The van der Waals surface area contributed by atoms with Gasteiger partial charge in [0, 0.05) is 19.6 Å². The highest BCUT2D eigenvalue weighted by Crippen LogP contribution is 2.37. The molecule has 1 saturated heterocycles. The van der Waals surface area contributed by atoms with Gasteiger partial charge in [-0.05, 0) is 36.7 Å². The van der Waals surface area contributed by atoms with Gasteiger partial charge < -0.3 is 14.8 Å². The molecular weight excluding hydrogens is 362 g/mol. The summed E-state index contributed by atoms with van der Waals surface area (Å²) >= 11 is 11.6. The second kappa shape index (κ2) is 8.58. The topological polar surface area (TPSA) is 54.0 Å². The second-order valence-corrected chi connectivity index (χ2v) is 6.94. The first-order valence-corrected chi connectivity index (χ1v) is 8.97. The van der Waals surface area contributed by atoms with Crippen LogP contribution in [0, 0.1) is 5.92 Å². The summed E-state index contributed by atoms with van der Waals surface area (Å²) in [6.45, 7) is 6.21. The number of rotatable bonds is 5. The summed E-state index contributed by atoms with van der Waals surface area (Å²) in [5.41, 5.74) is 0.302. The van der Waals surface area contributed by atoms with Crippen molar-refractivity contribution in [2.24, 2.45) is 5.92 Å². The Balaban J connectivity index is 2.30. The van der Waals surface area contributed by atoms with Gasteiger partial charge in [0.2, 0.25) is 0 Å². The first kappa shape index (κ1) is 19.6. The Hall–Kier alpha value is -1.73. The number of ether oxygens (including phenoxy) is 2. The van der Waals surface area contributed by atoms with Crippen LogP contribution in [0.25, 0.3) is 0 Å². The van der Waals surface area contributed by atoms with Gasteiger partial charge in [-0.2, -0.15) is 0 Å². The number of halogens is 1. The number of carbonyl (C=O) groups excluding carboxylic acids is 1. The zero-order valence-electron chi connectivity index (χ0n) is 15.0. The number of benzene rings is 1. The van der Waals surface area contributed by atoms with Gasteiger partial charge in [-0.25, -0.2) is 5.01 Å². The minimum Gasteiger partial charge on any atom is -0.496 e. The van der Waals surface area contributed by atoms with Crippen LogP contribution in [0.5, 0.6) is 11.5 Å². The van der Waals surface area contributed by atoms with Crippen molar-refractivity contribution in [3.8, 4) is 11.5 Å². The molecule has 1 heterocycles. The van der Waals surface area contributed by atoms with Crippen LogP contribution in [0.3, 0.4) is 0 Å². The van der Waals surface area contributed by atoms with Crippen LogP contribution in [0.4, 0.5) is 0 Å². The van der Waals surface area contributed by atoms with Crippen LogP contribution in [0.2, 0.25) is 5.02 Å². The molecule has 0 unspecified atom stereocenters. The lowest BCUT2D eigenvalue weighted by Crippen LogP contribution is -2.49. The van der Waals surface area contributed by atoms with E-state index in [1.807, 2.05) is 0 Å². The molecule has 0 atom stereocenters. The number of hydrogen-bond donors (Lipinski definition) is 1. The largest absolute Gasteiger partial charge is 0.496 e. The number of thiocarbonyl (C=S) groups is 1. The first-order chi connectivity index (χ1) is 11.9. The Labute approximate surface area is 159 Å². The average Bonchev–Trinajstić information content (AvgIpc) is 3.08. The number of hydrazine groups is 1. The van der Waals surface area contributed by atoms with E-state index >= 15 is 0 Å². The number of hydrogen-bond acceptors (Lipinski definition) is 4. The molecular formula is C17H24ClN3O3S. The summed E-state index contributed by atoms with van der Waals surface area (Å²) in [6, 6.07) is 3.31. The van der Waals surface area contributed by atoms with Gasteiger partial charge in [0.05, 0.1) is 19.2 Å². The molecule has 1 fully saturated rings. The molecule has 138 valence electrons. The number of nitrogens with zero attached hydrogens (tertiary/aromatic N) is 2. The van der Waals surface area contributed by atoms with Gasteiger partial charge in [0.15, 0.2) is 10.9 Å². The Morgan fingerprint density at radius 1 is 1.28 bits per heavy atom. The molecule has 0 saturated carbocycles. The Morgan fingerprint density at radius 2 is 1.96 bits per heavy atom. The molecule has 1 aliphatic heterocycles. The SMILES string of the molecule is COc1ccc(Cl)c(OC)c1C(=O)N1CCCN1C(=S)NCC(C)C. The van der Waals surface area contributed by atoms with Crippen LogP contribution in [0.1, 0.15) is 30.6 Å². The van der Waals surface area contributed by atoms with E-state index in [4.69, 9.17) is 33.3 Å². The van der Waals surface area contributed by atoms with Crippen molar-refractivity contribution in [2.75, 3.05) is 33.9 Å². The van der Waals surface area contributed by atoms with Gasteiger partial charge in [0.25, 0.3) is 5.91 Å². The third-order valence-electron chi connectivity index (χ3n) is 3.87. The van der Waals surface area contributed by atoms with Crippen molar-refractivity contribution in [3.05, 3.63) is 22.7 Å². The fourth-order valence-corrected chi connectivity index (χ4v) is 3.16. The van der Waals surface area contributed by atoms with E-state index in [0.717, 1.165) is 13.0 Å². The molecule has 0 bridgehead atoms. The molecule has 1 aliphatic rings. The molecule has 6 nitrogen and oxygen atoms in total. The molecule has 1 N–H and O–H groups in total. The van der Waals surface area contributed by atoms with Crippen molar-refractivity contribution in [1.29, 1.82) is 0 Å². The molecule has 0 spiro atoms. The Kier molecular flexibility index (Phi) is 6.72. The van der Waals surface area contributed by atoms with Crippen LogP contribution < -0.4 is 14.8 Å². The number of amides is 1. The molecule has 1 aromatic rings. The van der Waals surface area contributed by atoms with E-state index in [0.29, 0.717) is 46.2 Å². The summed E-state index contributed by atoms with van der Waals surface area (Å²) in [6.07, 6.45) is 0.834. The van der Waals surface area contributed by atoms with Crippen LogP contribution in [0.15, 0.2) is 12.1 Å². The smallest absolute Gasteiger partial charge is 0.280 e. The molecule has 0 aliphatic carbocycles. The van der Waals surface area contributed by atoms with Crippen LogP contribution >= 0.6 is 23.8 Å². The number of carbonyl (C=O) groups is 1. The third kappa shape index (κ3) is 4.27. The fourth-order valence-electron chi connectivity index (χ4n) is 2.66. The summed E-state index contributed by atoms with van der Waals surface area (Å²) in [4.78, 5) is 13.2. The van der Waals surface area contributed by atoms with Gasteiger partial charge >= 0.3 is 0 Å². The first-order valence-electron chi connectivity index (χ1n) is 8.18. The lowest BCUT2D eigenvalue weighted by molar-refractivity contribution is 0.0484. The summed E-state index contributed by atoms with van der Waals surface area (Å²) in [7, 11) is 2.99. The number of methoxy groups -OCH3 is 2. The molecule has 2 rings (SSSR count). The van der Waals surface area contributed by atoms with E-state index in [1.54, 1.807) is 22.2 Å². The van der Waals surface area contributed by atoms with Gasteiger partial charge in [0.1, 0.15) is 11.3 Å². The van der Waals surface area contributed by atoms with Crippen molar-refractivity contribution in [3.63, 3.8) is 0 Å². The summed E-state index contributed by atoms with van der Waals surface area (Å²) < 4.78 is 10.7. The Morgan fingerprint density at radius 3 is 2.56 bits per heavy atom. The molecule has 0 aromatic heterocycles. The minimum atomic E-state index is -0.248. The van der Waals surface area contributed by atoms with Crippen molar-refractivity contribution < 1.29 is 14.3 Å². The van der Waals surface area contributed by atoms with Crippen LogP contribution in [-0.4, -0.2) is 54.9 Å². The van der Waals surface area contributed by atoms with E-state index in [-0.39, 0.29) is 5.91 Å². The molecule has 1 amide bonds. The second-order valence-electron chi connectivity index (χ2n) is 6.14.